The summed E-state index contributed by atoms with van der Waals surface area (Å²) in [5, 5.41) is 9.08. The fourth-order valence-corrected chi connectivity index (χ4v) is 4.79. The fraction of sp³-hybridized carbons (Fsp3) is 0.250. The van der Waals surface area contributed by atoms with Gasteiger partial charge >= 0.3 is 5.97 Å². The van der Waals surface area contributed by atoms with Crippen LogP contribution in [0.5, 0.6) is 11.8 Å². The maximum atomic E-state index is 11.0. The number of aliphatic carboxylic acids is 1. The number of aromatic nitrogens is 1. The van der Waals surface area contributed by atoms with Crippen molar-refractivity contribution in [3.05, 3.63) is 108 Å². The van der Waals surface area contributed by atoms with E-state index < -0.39 is 5.97 Å². The number of hydrogen-bond donors (Lipinski definition) is 1. The van der Waals surface area contributed by atoms with Crippen LogP contribution in [0.2, 0.25) is 0 Å². The zero-order valence-corrected chi connectivity index (χ0v) is 21.3. The van der Waals surface area contributed by atoms with Crippen LogP contribution in [0.25, 0.3) is 11.1 Å². The second-order valence-corrected chi connectivity index (χ2v) is 9.63. The summed E-state index contributed by atoms with van der Waals surface area (Å²) in [6, 6.07) is 32.4. The Morgan fingerprint density at radius 2 is 1.39 bits per heavy atom. The third kappa shape index (κ3) is 6.71. The van der Waals surface area contributed by atoms with Crippen molar-refractivity contribution in [1.82, 2.24) is 4.98 Å². The molecule has 0 aliphatic carbocycles. The summed E-state index contributed by atoms with van der Waals surface area (Å²) in [7, 11) is 0. The Kier molecular flexibility index (Phi) is 8.19. The van der Waals surface area contributed by atoms with E-state index in [-0.39, 0.29) is 12.3 Å². The first-order valence-corrected chi connectivity index (χ1v) is 13.1. The van der Waals surface area contributed by atoms with Crippen LogP contribution >= 0.6 is 0 Å². The molecule has 4 aromatic rings. The molecule has 194 valence electrons. The lowest BCUT2D eigenvalue weighted by Gasteiger charge is -2.33. The number of ether oxygens (including phenoxy) is 2. The summed E-state index contributed by atoms with van der Waals surface area (Å²) in [5.74, 6) is 0.604. The van der Waals surface area contributed by atoms with Crippen molar-refractivity contribution in [3.63, 3.8) is 0 Å². The number of anilines is 1. The zero-order chi connectivity index (χ0) is 26.2. The second kappa shape index (κ2) is 12.3. The number of rotatable bonds is 10. The quantitative estimate of drug-likeness (QED) is 0.260. The van der Waals surface area contributed by atoms with Gasteiger partial charge in [-0.2, -0.15) is 4.98 Å². The molecule has 38 heavy (non-hydrogen) atoms. The first-order valence-electron chi connectivity index (χ1n) is 13.1. The van der Waals surface area contributed by atoms with Crippen molar-refractivity contribution in [3.8, 4) is 22.9 Å². The van der Waals surface area contributed by atoms with Crippen LogP contribution in [-0.2, 0) is 18.0 Å². The number of pyridine rings is 1. The Balaban J connectivity index is 1.32. The highest BCUT2D eigenvalue weighted by Gasteiger charge is 2.21. The largest absolute Gasteiger partial charge is 0.481 e. The monoisotopic (exact) mass is 508 g/mol. The average molecular weight is 509 g/mol. The standard InChI is InChI=1S/C32H32N2O4/c35-31(36)21-24-17-19-34(20-18-24)28-13-11-27(12-14-28)29-15-16-30(37-22-25-7-3-1-4-8-25)33-32(29)38-23-26-9-5-2-6-10-26/h1-16,24H,17-23H2,(H,35,36). The number of piperidine rings is 1. The minimum atomic E-state index is -0.705. The number of hydrogen-bond acceptors (Lipinski definition) is 5. The average Bonchev–Trinajstić information content (AvgIpc) is 2.96. The van der Waals surface area contributed by atoms with Gasteiger partial charge in [-0.05, 0) is 53.6 Å². The van der Waals surface area contributed by atoms with Crippen molar-refractivity contribution >= 4 is 11.7 Å². The molecule has 0 bridgehead atoms. The molecular formula is C32H32N2O4. The number of carbonyl (C=O) groups is 1. The van der Waals surface area contributed by atoms with Crippen molar-refractivity contribution in [2.75, 3.05) is 18.0 Å². The van der Waals surface area contributed by atoms with E-state index in [1.807, 2.05) is 72.8 Å². The Labute approximate surface area is 223 Å². The third-order valence-electron chi connectivity index (χ3n) is 6.90. The molecule has 3 aromatic carbocycles. The van der Waals surface area contributed by atoms with Crippen molar-refractivity contribution in [2.45, 2.75) is 32.5 Å². The molecule has 0 amide bonds. The number of carboxylic acids is 1. The van der Waals surface area contributed by atoms with Gasteiger partial charge in [-0.3, -0.25) is 4.79 Å². The zero-order valence-electron chi connectivity index (χ0n) is 21.3. The van der Waals surface area contributed by atoms with Gasteiger partial charge < -0.3 is 19.5 Å². The number of nitrogens with zero attached hydrogens (tertiary/aromatic N) is 2. The van der Waals surface area contributed by atoms with Gasteiger partial charge in [0.25, 0.3) is 0 Å². The Bertz CT molecular complexity index is 1320. The topological polar surface area (TPSA) is 71.9 Å². The van der Waals surface area contributed by atoms with E-state index in [9.17, 15) is 4.79 Å². The van der Waals surface area contributed by atoms with Gasteiger partial charge in [-0.1, -0.05) is 72.8 Å². The maximum Gasteiger partial charge on any atom is 0.303 e. The van der Waals surface area contributed by atoms with E-state index in [0.29, 0.717) is 25.0 Å². The Morgan fingerprint density at radius 1 is 0.789 bits per heavy atom. The number of carboxylic acid groups (broad SMARTS) is 1. The Hall–Kier alpha value is -4.32. The summed E-state index contributed by atoms with van der Waals surface area (Å²) in [6.45, 7) is 2.59. The maximum absolute atomic E-state index is 11.0. The molecule has 1 aliphatic heterocycles. The molecule has 0 spiro atoms. The molecule has 6 heteroatoms. The van der Waals surface area contributed by atoms with E-state index in [4.69, 9.17) is 19.6 Å². The molecule has 1 saturated heterocycles. The van der Waals surface area contributed by atoms with Crippen LogP contribution < -0.4 is 14.4 Å². The predicted molar refractivity (Wildman–Crippen MR) is 148 cm³/mol. The summed E-state index contributed by atoms with van der Waals surface area (Å²) in [5.41, 5.74) is 5.20. The highest BCUT2D eigenvalue weighted by atomic mass is 16.5. The van der Waals surface area contributed by atoms with Gasteiger partial charge in [0.05, 0.1) is 0 Å². The Morgan fingerprint density at radius 3 is 2.00 bits per heavy atom. The van der Waals surface area contributed by atoms with Crippen molar-refractivity contribution < 1.29 is 19.4 Å². The van der Waals surface area contributed by atoms with Gasteiger partial charge in [0.1, 0.15) is 13.2 Å². The molecule has 0 radical (unpaired) electrons. The third-order valence-corrected chi connectivity index (χ3v) is 6.90. The lowest BCUT2D eigenvalue weighted by molar-refractivity contribution is -0.138. The highest BCUT2D eigenvalue weighted by molar-refractivity contribution is 5.71. The number of benzene rings is 3. The van der Waals surface area contributed by atoms with Gasteiger partial charge in [0.15, 0.2) is 0 Å². The first kappa shape index (κ1) is 25.3. The van der Waals surface area contributed by atoms with E-state index in [2.05, 4.69) is 29.2 Å². The smallest absolute Gasteiger partial charge is 0.303 e. The van der Waals surface area contributed by atoms with Crippen molar-refractivity contribution in [2.24, 2.45) is 5.92 Å². The van der Waals surface area contributed by atoms with Gasteiger partial charge in [0, 0.05) is 36.8 Å². The lowest BCUT2D eigenvalue weighted by Crippen LogP contribution is -2.34. The molecule has 1 N–H and O–H groups in total. The molecule has 6 nitrogen and oxygen atoms in total. The SMILES string of the molecule is O=C(O)CC1CCN(c2ccc(-c3ccc(OCc4ccccc4)nc3OCc3ccccc3)cc2)CC1. The highest BCUT2D eigenvalue weighted by Crippen LogP contribution is 2.33. The second-order valence-electron chi connectivity index (χ2n) is 9.63. The molecule has 0 atom stereocenters. The summed E-state index contributed by atoms with van der Waals surface area (Å²) in [4.78, 5) is 18.1. The molecule has 1 aliphatic rings. The minimum Gasteiger partial charge on any atom is -0.481 e. The summed E-state index contributed by atoms with van der Waals surface area (Å²) in [6.07, 6.45) is 2.07. The van der Waals surface area contributed by atoms with Crippen LogP contribution in [0.3, 0.4) is 0 Å². The normalized spacial score (nSPS) is 13.7. The van der Waals surface area contributed by atoms with E-state index in [0.717, 1.165) is 53.9 Å². The molecule has 2 heterocycles. The molecule has 1 fully saturated rings. The molecular weight excluding hydrogens is 476 g/mol. The molecule has 1 aromatic heterocycles. The van der Waals surface area contributed by atoms with Crippen LogP contribution in [0.15, 0.2) is 97.1 Å². The van der Waals surface area contributed by atoms with E-state index in [1.54, 1.807) is 0 Å². The van der Waals surface area contributed by atoms with Gasteiger partial charge in [-0.15, -0.1) is 0 Å². The van der Waals surface area contributed by atoms with Gasteiger partial charge in [0.2, 0.25) is 11.8 Å². The summed E-state index contributed by atoms with van der Waals surface area (Å²) < 4.78 is 12.2. The predicted octanol–water partition coefficient (Wildman–Crippen LogP) is 6.60. The van der Waals surface area contributed by atoms with Gasteiger partial charge in [-0.25, -0.2) is 0 Å². The first-order chi connectivity index (χ1) is 18.6. The fourth-order valence-electron chi connectivity index (χ4n) is 4.79. The molecule has 5 rings (SSSR count). The molecule has 0 saturated carbocycles. The van der Waals surface area contributed by atoms with E-state index in [1.165, 1.54) is 0 Å². The van der Waals surface area contributed by atoms with Crippen molar-refractivity contribution in [1.29, 1.82) is 0 Å². The molecule has 0 unspecified atom stereocenters. The van der Waals surface area contributed by atoms with Crippen LogP contribution in [-0.4, -0.2) is 29.1 Å². The lowest BCUT2D eigenvalue weighted by atomic mass is 9.93. The minimum absolute atomic E-state index is 0.261. The van der Waals surface area contributed by atoms with Crippen LogP contribution in [0.1, 0.15) is 30.4 Å². The van der Waals surface area contributed by atoms with E-state index >= 15 is 0 Å². The van der Waals surface area contributed by atoms with Crippen LogP contribution in [0.4, 0.5) is 5.69 Å². The summed E-state index contributed by atoms with van der Waals surface area (Å²) >= 11 is 0. The van der Waals surface area contributed by atoms with Crippen LogP contribution in [0, 0.1) is 5.92 Å².